The smallest absolute Gasteiger partial charge is 0.254 e. The fourth-order valence-corrected chi connectivity index (χ4v) is 2.94. The normalized spacial score (nSPS) is 10.1. The molecule has 0 spiro atoms. The summed E-state index contributed by atoms with van der Waals surface area (Å²) in [6.45, 7) is 3.94. The molecule has 8 heteroatoms. The van der Waals surface area contributed by atoms with E-state index in [1.165, 1.54) is 11.3 Å². The number of primary amides is 1. The van der Waals surface area contributed by atoms with Gasteiger partial charge in [-0.15, -0.1) is 11.3 Å². The fourth-order valence-electron chi connectivity index (χ4n) is 2.13. The Balaban J connectivity index is 0.00000126. The summed E-state index contributed by atoms with van der Waals surface area (Å²) < 4.78 is 32.8. The molecule has 3 rings (SSSR count). The number of carbonyl (C=O) groups excluding carboxylic acids is 1. The fraction of sp³-hybridized carbons (Fsp3) is 0.158. The van der Waals surface area contributed by atoms with Gasteiger partial charge in [0.2, 0.25) is 0 Å². The van der Waals surface area contributed by atoms with Gasteiger partial charge in [-0.1, -0.05) is 13.8 Å². The number of rotatable bonds is 5. The number of hydrogen-bond donors (Lipinski definition) is 2. The number of benzene rings is 2. The molecular formula is C19H18F2N2O3S. The van der Waals surface area contributed by atoms with Gasteiger partial charge >= 0.3 is 0 Å². The second kappa shape index (κ2) is 9.09. The van der Waals surface area contributed by atoms with Crippen molar-refractivity contribution >= 4 is 17.2 Å². The van der Waals surface area contributed by atoms with Gasteiger partial charge < -0.3 is 15.6 Å². The molecular weight excluding hydrogens is 374 g/mol. The third-order valence-corrected chi connectivity index (χ3v) is 4.28. The van der Waals surface area contributed by atoms with Gasteiger partial charge in [-0.2, -0.15) is 0 Å². The molecule has 1 amide bonds. The highest BCUT2D eigenvalue weighted by molar-refractivity contribution is 7.13. The van der Waals surface area contributed by atoms with E-state index < -0.39 is 23.1 Å². The first-order chi connectivity index (χ1) is 13.0. The molecule has 5 nitrogen and oxygen atoms in total. The summed E-state index contributed by atoms with van der Waals surface area (Å²) in [6, 6.07) is 8.54. The number of aromatic hydroxyl groups is 1. The molecule has 0 saturated carbocycles. The van der Waals surface area contributed by atoms with Gasteiger partial charge in [0.15, 0.2) is 11.6 Å². The van der Waals surface area contributed by atoms with E-state index in [0.29, 0.717) is 10.7 Å². The molecule has 0 aliphatic rings. The number of nitrogens with zero attached hydrogens (tertiary/aromatic N) is 1. The number of carbonyl (C=O) groups is 1. The third-order valence-electron chi connectivity index (χ3n) is 3.34. The van der Waals surface area contributed by atoms with Crippen molar-refractivity contribution in [3.63, 3.8) is 0 Å². The summed E-state index contributed by atoms with van der Waals surface area (Å²) in [6.07, 6.45) is 0. The lowest BCUT2D eigenvalue weighted by molar-refractivity contribution is 0.0991. The molecule has 1 heterocycles. The SMILES string of the molecule is CC.NC(=O)c1c(F)ccc(OCc2csc(-c3ccc(O)cc3)n2)c1F. The minimum absolute atomic E-state index is 0.0602. The summed E-state index contributed by atoms with van der Waals surface area (Å²) in [5.41, 5.74) is 5.49. The molecule has 0 fully saturated rings. The van der Waals surface area contributed by atoms with Gasteiger partial charge in [-0.25, -0.2) is 13.8 Å². The van der Waals surface area contributed by atoms with Crippen molar-refractivity contribution in [2.24, 2.45) is 5.73 Å². The van der Waals surface area contributed by atoms with Crippen molar-refractivity contribution in [3.05, 3.63) is 64.7 Å². The molecule has 142 valence electrons. The average Bonchev–Trinajstić information content (AvgIpc) is 3.12. The van der Waals surface area contributed by atoms with Gasteiger partial charge in [-0.3, -0.25) is 4.79 Å². The minimum Gasteiger partial charge on any atom is -0.508 e. The predicted octanol–water partition coefficient (Wildman–Crippen LogP) is 4.50. The summed E-state index contributed by atoms with van der Waals surface area (Å²) in [5, 5.41) is 11.7. The Morgan fingerprint density at radius 3 is 2.48 bits per heavy atom. The average molecular weight is 392 g/mol. The Morgan fingerprint density at radius 2 is 1.85 bits per heavy atom. The molecule has 0 unspecified atom stereocenters. The van der Waals surface area contributed by atoms with Gasteiger partial charge in [0.1, 0.15) is 28.7 Å². The van der Waals surface area contributed by atoms with Crippen molar-refractivity contribution in [1.82, 2.24) is 4.98 Å². The number of halogens is 2. The molecule has 0 atom stereocenters. The Bertz CT molecular complexity index is 927. The van der Waals surface area contributed by atoms with E-state index in [0.717, 1.165) is 17.7 Å². The van der Waals surface area contributed by atoms with Crippen LogP contribution in [0.4, 0.5) is 8.78 Å². The number of thiazole rings is 1. The highest BCUT2D eigenvalue weighted by Gasteiger charge is 2.19. The molecule has 3 N–H and O–H groups in total. The van der Waals surface area contributed by atoms with Gasteiger partial charge in [0, 0.05) is 10.9 Å². The third kappa shape index (κ3) is 4.79. The zero-order valence-electron chi connectivity index (χ0n) is 14.7. The van der Waals surface area contributed by atoms with Gasteiger partial charge in [-0.05, 0) is 36.4 Å². The zero-order chi connectivity index (χ0) is 20.0. The topological polar surface area (TPSA) is 85.4 Å². The van der Waals surface area contributed by atoms with E-state index in [9.17, 15) is 18.7 Å². The van der Waals surface area contributed by atoms with E-state index in [1.807, 2.05) is 13.8 Å². The van der Waals surface area contributed by atoms with Crippen LogP contribution >= 0.6 is 11.3 Å². The van der Waals surface area contributed by atoms with Gasteiger partial charge in [0.05, 0.1) is 5.69 Å². The molecule has 0 bridgehead atoms. The second-order valence-electron chi connectivity index (χ2n) is 5.08. The van der Waals surface area contributed by atoms with Crippen molar-refractivity contribution in [2.75, 3.05) is 0 Å². The van der Waals surface area contributed by atoms with Crippen LogP contribution in [0.25, 0.3) is 10.6 Å². The number of ether oxygens (including phenoxy) is 1. The number of phenols is 1. The predicted molar refractivity (Wildman–Crippen MR) is 99.8 cm³/mol. The van der Waals surface area contributed by atoms with Crippen LogP contribution in [0, 0.1) is 11.6 Å². The van der Waals surface area contributed by atoms with Gasteiger partial charge in [0.25, 0.3) is 5.91 Å². The number of phenolic OH excluding ortho intramolecular Hbond substituents is 1. The molecule has 1 aromatic heterocycles. The molecule has 0 radical (unpaired) electrons. The lowest BCUT2D eigenvalue weighted by Crippen LogP contribution is -2.16. The summed E-state index contributed by atoms with van der Waals surface area (Å²) in [5.74, 6) is -3.51. The summed E-state index contributed by atoms with van der Waals surface area (Å²) >= 11 is 1.36. The maximum atomic E-state index is 14.1. The zero-order valence-corrected chi connectivity index (χ0v) is 15.5. The maximum Gasteiger partial charge on any atom is 0.254 e. The number of hydrogen-bond acceptors (Lipinski definition) is 5. The second-order valence-corrected chi connectivity index (χ2v) is 5.94. The van der Waals surface area contributed by atoms with Crippen LogP contribution in [0.15, 0.2) is 41.8 Å². The van der Waals surface area contributed by atoms with Crippen LogP contribution < -0.4 is 10.5 Å². The van der Waals surface area contributed by atoms with Crippen LogP contribution in [0.1, 0.15) is 29.9 Å². The molecule has 0 aliphatic heterocycles. The van der Waals surface area contributed by atoms with Crippen LogP contribution in [-0.4, -0.2) is 16.0 Å². The molecule has 27 heavy (non-hydrogen) atoms. The molecule has 2 aromatic carbocycles. The number of aromatic nitrogens is 1. The first-order valence-corrected chi connectivity index (χ1v) is 8.98. The highest BCUT2D eigenvalue weighted by atomic mass is 32.1. The maximum absolute atomic E-state index is 14.1. The Morgan fingerprint density at radius 1 is 1.19 bits per heavy atom. The number of nitrogens with two attached hydrogens (primary N) is 1. The van der Waals surface area contributed by atoms with Crippen LogP contribution in [0.5, 0.6) is 11.5 Å². The standard InChI is InChI=1S/C17H12F2N2O3S.C2H6/c18-12-5-6-13(15(19)14(12)16(20)23)24-7-10-8-25-17(21-10)9-1-3-11(22)4-2-9;1-2/h1-6,8,22H,7H2,(H2,20,23);1-2H3. The first kappa shape index (κ1) is 20.3. The van der Waals surface area contributed by atoms with Crippen molar-refractivity contribution in [2.45, 2.75) is 20.5 Å². The minimum atomic E-state index is -1.20. The van der Waals surface area contributed by atoms with E-state index in [1.54, 1.807) is 29.6 Å². The summed E-state index contributed by atoms with van der Waals surface area (Å²) in [7, 11) is 0. The van der Waals surface area contributed by atoms with E-state index in [2.05, 4.69) is 4.98 Å². The van der Waals surface area contributed by atoms with Crippen LogP contribution in [0.2, 0.25) is 0 Å². The lowest BCUT2D eigenvalue weighted by Gasteiger charge is -2.08. The van der Waals surface area contributed by atoms with E-state index in [-0.39, 0.29) is 18.1 Å². The van der Waals surface area contributed by atoms with Crippen LogP contribution in [0.3, 0.4) is 0 Å². The summed E-state index contributed by atoms with van der Waals surface area (Å²) in [4.78, 5) is 15.5. The Labute approximate surface area is 159 Å². The highest BCUT2D eigenvalue weighted by Crippen LogP contribution is 2.27. The van der Waals surface area contributed by atoms with Crippen molar-refractivity contribution < 1.29 is 23.4 Å². The van der Waals surface area contributed by atoms with Crippen LogP contribution in [-0.2, 0) is 6.61 Å². The van der Waals surface area contributed by atoms with E-state index in [4.69, 9.17) is 10.5 Å². The monoisotopic (exact) mass is 392 g/mol. The van der Waals surface area contributed by atoms with Crippen molar-refractivity contribution in [3.8, 4) is 22.1 Å². The molecule has 0 saturated heterocycles. The largest absolute Gasteiger partial charge is 0.508 e. The first-order valence-electron chi connectivity index (χ1n) is 8.10. The molecule has 0 aliphatic carbocycles. The van der Waals surface area contributed by atoms with Crippen molar-refractivity contribution in [1.29, 1.82) is 0 Å². The number of amides is 1. The lowest BCUT2D eigenvalue weighted by atomic mass is 10.1. The van der Waals surface area contributed by atoms with E-state index >= 15 is 0 Å². The molecule has 3 aromatic rings. The Hall–Kier alpha value is -3.00. The Kier molecular flexibility index (Phi) is 6.84. The quantitative estimate of drug-likeness (QED) is 0.670.